The molecule has 0 aliphatic heterocycles. The van der Waals surface area contributed by atoms with Crippen molar-refractivity contribution in [2.45, 2.75) is 37.7 Å². The molecule has 0 radical (unpaired) electrons. The van der Waals surface area contributed by atoms with Gasteiger partial charge in [-0.05, 0) is 55.0 Å². The Bertz CT molecular complexity index is 746. The van der Waals surface area contributed by atoms with Crippen LogP contribution in [0.1, 0.15) is 28.7 Å². The quantitative estimate of drug-likeness (QED) is 0.813. The van der Waals surface area contributed by atoms with E-state index in [-0.39, 0.29) is 11.5 Å². The lowest BCUT2D eigenvalue weighted by Gasteiger charge is -2.07. The fraction of sp³-hybridized carbons (Fsp3) is 0.294. The van der Waals surface area contributed by atoms with Gasteiger partial charge in [0.15, 0.2) is 0 Å². The SMILES string of the molecule is Cc1ccc(S(=O)(=O)OCc2ccc3c(c2)CCC3)cc1. The maximum atomic E-state index is 12.1. The highest BCUT2D eigenvalue weighted by atomic mass is 32.2. The van der Waals surface area contributed by atoms with E-state index in [0.29, 0.717) is 0 Å². The first kappa shape index (κ1) is 14.3. The molecule has 4 heteroatoms. The Kier molecular flexibility index (Phi) is 3.83. The molecule has 0 N–H and O–H groups in total. The smallest absolute Gasteiger partial charge is 0.262 e. The summed E-state index contributed by atoms with van der Waals surface area (Å²) in [7, 11) is -3.69. The monoisotopic (exact) mass is 302 g/mol. The number of aryl methyl sites for hydroxylation is 3. The van der Waals surface area contributed by atoms with Crippen molar-refractivity contribution in [1.29, 1.82) is 0 Å². The second-order valence-electron chi connectivity index (χ2n) is 5.49. The number of hydrogen-bond acceptors (Lipinski definition) is 3. The van der Waals surface area contributed by atoms with Crippen LogP contribution in [0.2, 0.25) is 0 Å². The van der Waals surface area contributed by atoms with Crippen LogP contribution in [-0.4, -0.2) is 8.42 Å². The summed E-state index contributed by atoms with van der Waals surface area (Å²) in [6.07, 6.45) is 3.38. The van der Waals surface area contributed by atoms with Crippen LogP contribution in [0, 0.1) is 6.92 Å². The molecule has 0 amide bonds. The Morgan fingerprint density at radius 2 is 1.71 bits per heavy atom. The van der Waals surface area contributed by atoms with E-state index >= 15 is 0 Å². The number of fused-ring (bicyclic) bond motifs is 1. The number of benzene rings is 2. The summed E-state index contributed by atoms with van der Waals surface area (Å²) in [5.74, 6) is 0. The molecule has 0 saturated heterocycles. The maximum absolute atomic E-state index is 12.1. The van der Waals surface area contributed by atoms with Crippen molar-refractivity contribution in [3.63, 3.8) is 0 Å². The third-order valence-corrected chi connectivity index (χ3v) is 5.13. The molecule has 21 heavy (non-hydrogen) atoms. The average Bonchev–Trinajstić information content (AvgIpc) is 2.93. The first-order valence-corrected chi connectivity index (χ1v) is 8.52. The third kappa shape index (κ3) is 3.17. The van der Waals surface area contributed by atoms with Crippen LogP contribution in [-0.2, 0) is 33.7 Å². The van der Waals surface area contributed by atoms with Gasteiger partial charge in [0.25, 0.3) is 10.1 Å². The Balaban J connectivity index is 1.73. The van der Waals surface area contributed by atoms with Gasteiger partial charge in [0, 0.05) is 0 Å². The van der Waals surface area contributed by atoms with Crippen LogP contribution in [0.15, 0.2) is 47.4 Å². The summed E-state index contributed by atoms with van der Waals surface area (Å²) in [5.41, 5.74) is 4.63. The third-order valence-electron chi connectivity index (χ3n) is 3.85. The van der Waals surface area contributed by atoms with Crippen molar-refractivity contribution >= 4 is 10.1 Å². The molecule has 3 rings (SSSR count). The van der Waals surface area contributed by atoms with Crippen LogP contribution < -0.4 is 0 Å². The fourth-order valence-corrected chi connectivity index (χ4v) is 3.53. The van der Waals surface area contributed by atoms with E-state index in [4.69, 9.17) is 4.18 Å². The molecule has 0 spiro atoms. The molecular formula is C17H18O3S. The van der Waals surface area contributed by atoms with Gasteiger partial charge in [-0.1, -0.05) is 35.9 Å². The van der Waals surface area contributed by atoms with E-state index in [1.165, 1.54) is 17.5 Å². The lowest BCUT2D eigenvalue weighted by molar-refractivity contribution is 0.308. The molecule has 2 aromatic carbocycles. The average molecular weight is 302 g/mol. The summed E-state index contributed by atoms with van der Waals surface area (Å²) < 4.78 is 29.4. The molecule has 0 atom stereocenters. The minimum Gasteiger partial charge on any atom is -0.262 e. The Morgan fingerprint density at radius 3 is 2.48 bits per heavy atom. The number of rotatable bonds is 4. The molecule has 1 aliphatic rings. The van der Waals surface area contributed by atoms with Crippen molar-refractivity contribution in [1.82, 2.24) is 0 Å². The molecule has 3 nitrogen and oxygen atoms in total. The van der Waals surface area contributed by atoms with Gasteiger partial charge >= 0.3 is 0 Å². The van der Waals surface area contributed by atoms with Crippen molar-refractivity contribution in [3.05, 3.63) is 64.7 Å². The molecule has 1 aliphatic carbocycles. The highest BCUT2D eigenvalue weighted by Crippen LogP contribution is 2.24. The minimum atomic E-state index is -3.69. The lowest BCUT2D eigenvalue weighted by atomic mass is 10.1. The number of hydrogen-bond donors (Lipinski definition) is 0. The predicted molar refractivity (Wildman–Crippen MR) is 81.6 cm³/mol. The summed E-state index contributed by atoms with van der Waals surface area (Å²) in [5, 5.41) is 0. The minimum absolute atomic E-state index is 0.0868. The summed E-state index contributed by atoms with van der Waals surface area (Å²) in [4.78, 5) is 0.203. The molecule has 0 unspecified atom stereocenters. The maximum Gasteiger partial charge on any atom is 0.297 e. The highest BCUT2D eigenvalue weighted by molar-refractivity contribution is 7.86. The van der Waals surface area contributed by atoms with Gasteiger partial charge < -0.3 is 0 Å². The van der Waals surface area contributed by atoms with Crippen LogP contribution >= 0.6 is 0 Å². The summed E-state index contributed by atoms with van der Waals surface area (Å²) >= 11 is 0. The summed E-state index contributed by atoms with van der Waals surface area (Å²) in [6.45, 7) is 2.01. The molecule has 0 bridgehead atoms. The zero-order valence-electron chi connectivity index (χ0n) is 12.0. The van der Waals surface area contributed by atoms with Crippen LogP contribution in [0.5, 0.6) is 0 Å². The van der Waals surface area contributed by atoms with Crippen molar-refractivity contribution in [2.24, 2.45) is 0 Å². The van der Waals surface area contributed by atoms with E-state index in [0.717, 1.165) is 24.0 Å². The van der Waals surface area contributed by atoms with Gasteiger partial charge in [-0.25, -0.2) is 0 Å². The largest absolute Gasteiger partial charge is 0.297 e. The van der Waals surface area contributed by atoms with Gasteiger partial charge in [0.2, 0.25) is 0 Å². The van der Waals surface area contributed by atoms with Gasteiger partial charge in [-0.15, -0.1) is 0 Å². The summed E-state index contributed by atoms with van der Waals surface area (Å²) in [6, 6.07) is 12.8. The highest BCUT2D eigenvalue weighted by Gasteiger charge is 2.16. The van der Waals surface area contributed by atoms with E-state index < -0.39 is 10.1 Å². The van der Waals surface area contributed by atoms with Gasteiger partial charge in [-0.2, -0.15) is 8.42 Å². The second-order valence-corrected chi connectivity index (χ2v) is 7.10. The Morgan fingerprint density at radius 1 is 1.00 bits per heavy atom. The van der Waals surface area contributed by atoms with Crippen LogP contribution in [0.4, 0.5) is 0 Å². The zero-order valence-corrected chi connectivity index (χ0v) is 12.8. The molecule has 2 aromatic rings. The van der Waals surface area contributed by atoms with Crippen molar-refractivity contribution in [3.8, 4) is 0 Å². The topological polar surface area (TPSA) is 43.4 Å². The molecular weight excluding hydrogens is 284 g/mol. The van der Waals surface area contributed by atoms with Gasteiger partial charge in [0.1, 0.15) is 0 Å². The Labute approximate surface area is 125 Å². The fourth-order valence-electron chi connectivity index (χ4n) is 2.63. The first-order valence-electron chi connectivity index (χ1n) is 7.11. The van der Waals surface area contributed by atoms with E-state index in [1.54, 1.807) is 24.3 Å². The molecule has 0 saturated carbocycles. The molecule has 0 aromatic heterocycles. The zero-order chi connectivity index (χ0) is 14.9. The van der Waals surface area contributed by atoms with Crippen LogP contribution in [0.25, 0.3) is 0 Å². The predicted octanol–water partition coefficient (Wildman–Crippen LogP) is 3.39. The standard InChI is InChI=1S/C17H18O3S/c1-13-5-9-17(10-6-13)21(18,19)20-12-14-7-8-15-3-2-4-16(15)11-14/h5-11H,2-4,12H2,1H3. The Hall–Kier alpha value is -1.65. The van der Waals surface area contributed by atoms with E-state index in [1.807, 2.05) is 13.0 Å². The van der Waals surface area contributed by atoms with Crippen molar-refractivity contribution < 1.29 is 12.6 Å². The molecule has 110 valence electrons. The molecule has 0 heterocycles. The van der Waals surface area contributed by atoms with Gasteiger partial charge in [0.05, 0.1) is 11.5 Å². The second kappa shape index (κ2) is 5.62. The molecule has 0 fully saturated rings. The van der Waals surface area contributed by atoms with E-state index in [9.17, 15) is 8.42 Å². The normalized spacial score (nSPS) is 14.1. The van der Waals surface area contributed by atoms with Crippen LogP contribution in [0.3, 0.4) is 0 Å². The lowest BCUT2D eigenvalue weighted by Crippen LogP contribution is -2.06. The van der Waals surface area contributed by atoms with E-state index in [2.05, 4.69) is 12.1 Å². The van der Waals surface area contributed by atoms with Gasteiger partial charge in [-0.3, -0.25) is 4.18 Å². The van der Waals surface area contributed by atoms with Crippen molar-refractivity contribution in [2.75, 3.05) is 0 Å². The first-order chi connectivity index (χ1) is 10.0.